The topological polar surface area (TPSA) is 27.1 Å². The summed E-state index contributed by atoms with van der Waals surface area (Å²) in [6.45, 7) is 0.761. The van der Waals surface area contributed by atoms with E-state index in [1.807, 2.05) is 4.90 Å². The molecule has 0 spiro atoms. The average Bonchev–Trinajstić information content (AvgIpc) is 2.26. The quantitative estimate of drug-likeness (QED) is 0.757. The molecule has 1 N–H and O–H groups in total. The van der Waals surface area contributed by atoms with Gasteiger partial charge >= 0.3 is 0 Å². The lowest BCUT2D eigenvalue weighted by Crippen LogP contribution is -2.34. The number of halogens is 3. The molecule has 16 heavy (non-hydrogen) atoms. The summed E-state index contributed by atoms with van der Waals surface area (Å²) in [7, 11) is 0. The molecule has 1 saturated heterocycles. The highest BCUT2D eigenvalue weighted by molar-refractivity contribution is 6.35. The number of hydrogen-bond acceptors (Lipinski definition) is 1. The van der Waals surface area contributed by atoms with Gasteiger partial charge in [-0.3, -0.25) is 5.41 Å². The molecule has 2 nitrogen and oxygen atoms in total. The van der Waals surface area contributed by atoms with Crippen molar-refractivity contribution in [1.29, 1.82) is 5.41 Å². The molecule has 0 unspecified atom stereocenters. The van der Waals surface area contributed by atoms with Crippen molar-refractivity contribution in [1.82, 2.24) is 0 Å². The largest absolute Gasteiger partial charge is 0.330 e. The van der Waals surface area contributed by atoms with E-state index in [4.69, 9.17) is 28.6 Å². The summed E-state index contributed by atoms with van der Waals surface area (Å²) in [6.07, 6.45) is 2.79. The van der Waals surface area contributed by atoms with Crippen LogP contribution >= 0.6 is 23.2 Å². The van der Waals surface area contributed by atoms with Gasteiger partial charge in [-0.1, -0.05) is 23.2 Å². The maximum Gasteiger partial charge on any atom is 0.160 e. The second-order valence-electron chi connectivity index (χ2n) is 3.78. The molecule has 5 heteroatoms. The van der Waals surface area contributed by atoms with Crippen molar-refractivity contribution in [3.63, 3.8) is 0 Å². The average molecular weight is 261 g/mol. The molecule has 1 heterocycles. The Labute approximate surface area is 103 Å². The number of hydrogen-bond donors (Lipinski definition) is 1. The fourth-order valence-electron chi connectivity index (χ4n) is 1.82. The highest BCUT2D eigenvalue weighted by Crippen LogP contribution is 2.31. The van der Waals surface area contributed by atoms with Crippen LogP contribution in [-0.4, -0.2) is 12.4 Å². The van der Waals surface area contributed by atoms with Gasteiger partial charge in [0.2, 0.25) is 0 Å². The van der Waals surface area contributed by atoms with Crippen LogP contribution in [0.1, 0.15) is 19.3 Å². The molecule has 1 aromatic rings. The molecule has 1 aliphatic rings. The minimum absolute atomic E-state index is 0.000809. The van der Waals surface area contributed by atoms with Gasteiger partial charge < -0.3 is 4.90 Å². The molecule has 86 valence electrons. The van der Waals surface area contributed by atoms with E-state index in [1.54, 1.807) is 0 Å². The van der Waals surface area contributed by atoms with Crippen LogP contribution < -0.4 is 4.90 Å². The Balaban J connectivity index is 2.36. The van der Waals surface area contributed by atoms with Crippen molar-refractivity contribution < 1.29 is 4.39 Å². The van der Waals surface area contributed by atoms with Crippen LogP contribution in [0.4, 0.5) is 10.1 Å². The maximum atomic E-state index is 13.2. The van der Waals surface area contributed by atoms with E-state index in [-0.39, 0.29) is 10.0 Å². The van der Waals surface area contributed by atoms with Crippen molar-refractivity contribution in [3.8, 4) is 0 Å². The van der Waals surface area contributed by atoms with Gasteiger partial charge in [-0.15, -0.1) is 0 Å². The van der Waals surface area contributed by atoms with Crippen LogP contribution in [0.3, 0.4) is 0 Å². The van der Waals surface area contributed by atoms with Gasteiger partial charge in [0.1, 0.15) is 5.84 Å². The summed E-state index contributed by atoms with van der Waals surface area (Å²) >= 11 is 11.5. The van der Waals surface area contributed by atoms with E-state index in [9.17, 15) is 4.39 Å². The normalized spacial score (nSPS) is 16.7. The second-order valence-corrected chi connectivity index (χ2v) is 4.59. The van der Waals surface area contributed by atoms with Crippen LogP contribution in [0.5, 0.6) is 0 Å². The Morgan fingerprint density at radius 2 is 1.81 bits per heavy atom. The summed E-state index contributed by atoms with van der Waals surface area (Å²) in [5, 5.41) is 7.83. The predicted molar refractivity (Wildman–Crippen MR) is 65.3 cm³/mol. The summed E-state index contributed by atoms with van der Waals surface area (Å²) in [6, 6.07) is 3.03. The Bertz CT molecular complexity index is 411. The highest BCUT2D eigenvalue weighted by atomic mass is 35.5. The molecule has 0 atom stereocenters. The SMILES string of the molecule is N=C1CCCCN1c1cc(Cl)c(F)c(Cl)c1. The molecule has 1 fully saturated rings. The molecule has 1 aliphatic heterocycles. The lowest BCUT2D eigenvalue weighted by atomic mass is 10.1. The van der Waals surface area contributed by atoms with Crippen LogP contribution in [0.15, 0.2) is 12.1 Å². The number of benzene rings is 1. The molecule has 2 rings (SSSR count). The molecule has 0 aromatic heterocycles. The minimum Gasteiger partial charge on any atom is -0.330 e. The Morgan fingerprint density at radius 1 is 1.19 bits per heavy atom. The van der Waals surface area contributed by atoms with Crippen molar-refractivity contribution in [2.75, 3.05) is 11.4 Å². The first-order chi connectivity index (χ1) is 7.59. The summed E-state index contributed by atoms with van der Waals surface area (Å²) in [5.74, 6) is -0.0689. The third-order valence-corrected chi connectivity index (χ3v) is 3.20. The van der Waals surface area contributed by atoms with E-state index < -0.39 is 5.82 Å². The molecule has 0 saturated carbocycles. The molecule has 0 amide bonds. The van der Waals surface area contributed by atoms with Crippen molar-refractivity contribution in [2.24, 2.45) is 0 Å². The number of nitrogens with zero attached hydrogens (tertiary/aromatic N) is 1. The monoisotopic (exact) mass is 260 g/mol. The van der Waals surface area contributed by atoms with E-state index in [0.29, 0.717) is 11.5 Å². The highest BCUT2D eigenvalue weighted by Gasteiger charge is 2.18. The lowest BCUT2D eigenvalue weighted by Gasteiger charge is -2.29. The zero-order chi connectivity index (χ0) is 11.7. The maximum absolute atomic E-state index is 13.2. The van der Waals surface area contributed by atoms with Crippen molar-refractivity contribution in [2.45, 2.75) is 19.3 Å². The predicted octanol–water partition coefficient (Wildman–Crippen LogP) is 4.10. The lowest BCUT2D eigenvalue weighted by molar-refractivity contribution is 0.628. The van der Waals surface area contributed by atoms with E-state index in [1.165, 1.54) is 12.1 Å². The van der Waals surface area contributed by atoms with Crippen LogP contribution in [0.25, 0.3) is 0 Å². The number of amidine groups is 1. The number of rotatable bonds is 1. The van der Waals surface area contributed by atoms with E-state index in [0.717, 1.165) is 25.8 Å². The molecule has 0 aliphatic carbocycles. The van der Waals surface area contributed by atoms with Gasteiger partial charge in [0.25, 0.3) is 0 Å². The Kier molecular flexibility index (Phi) is 3.36. The number of nitrogens with one attached hydrogen (secondary N) is 1. The van der Waals surface area contributed by atoms with Crippen LogP contribution in [-0.2, 0) is 0 Å². The van der Waals surface area contributed by atoms with Crippen molar-refractivity contribution >= 4 is 34.7 Å². The fraction of sp³-hybridized carbons (Fsp3) is 0.364. The van der Waals surface area contributed by atoms with Gasteiger partial charge in [0, 0.05) is 18.7 Å². The van der Waals surface area contributed by atoms with Crippen LogP contribution in [0, 0.1) is 11.2 Å². The van der Waals surface area contributed by atoms with Gasteiger partial charge in [-0.05, 0) is 25.0 Å². The number of piperidine rings is 1. The molecular weight excluding hydrogens is 250 g/mol. The van der Waals surface area contributed by atoms with Gasteiger partial charge in [-0.25, -0.2) is 4.39 Å². The number of anilines is 1. The van der Waals surface area contributed by atoms with Crippen LogP contribution in [0.2, 0.25) is 10.0 Å². The molecule has 0 radical (unpaired) electrons. The van der Waals surface area contributed by atoms with Crippen molar-refractivity contribution in [3.05, 3.63) is 28.0 Å². The van der Waals surface area contributed by atoms with Gasteiger partial charge in [0.05, 0.1) is 10.0 Å². The summed E-state index contributed by atoms with van der Waals surface area (Å²) in [4.78, 5) is 1.82. The third kappa shape index (κ3) is 2.15. The molecule has 0 bridgehead atoms. The first-order valence-corrected chi connectivity index (χ1v) is 5.84. The smallest absolute Gasteiger partial charge is 0.160 e. The third-order valence-electron chi connectivity index (χ3n) is 2.65. The molecule has 1 aromatic carbocycles. The standard InChI is InChI=1S/C11H11Cl2FN2/c12-8-5-7(6-9(13)11(8)14)16-4-2-1-3-10(16)15/h5-6,15H,1-4H2. The fourth-order valence-corrected chi connectivity index (χ4v) is 2.29. The first kappa shape index (κ1) is 11.7. The van der Waals surface area contributed by atoms with Gasteiger partial charge in [-0.2, -0.15) is 0 Å². The van der Waals surface area contributed by atoms with Gasteiger partial charge in [0.15, 0.2) is 5.82 Å². The Morgan fingerprint density at radius 3 is 2.38 bits per heavy atom. The molecular formula is C11H11Cl2FN2. The van der Waals surface area contributed by atoms with E-state index in [2.05, 4.69) is 0 Å². The first-order valence-electron chi connectivity index (χ1n) is 5.09. The second kappa shape index (κ2) is 4.60. The minimum atomic E-state index is -0.601. The summed E-state index contributed by atoms with van der Waals surface area (Å²) in [5.41, 5.74) is 0.695. The van der Waals surface area contributed by atoms with E-state index >= 15 is 0 Å². The zero-order valence-electron chi connectivity index (χ0n) is 8.56. The summed E-state index contributed by atoms with van der Waals surface area (Å²) < 4.78 is 13.2. The Hall–Kier alpha value is -0.800. The zero-order valence-corrected chi connectivity index (χ0v) is 10.1.